The number of H-pyrrole nitrogens is 1. The molecular weight excluding hydrogens is 314 g/mol. The molecule has 0 spiro atoms. The Balaban J connectivity index is 1.42. The summed E-state index contributed by atoms with van der Waals surface area (Å²) in [6, 6.07) is 10.1. The number of fused-ring (bicyclic) bond motifs is 1. The Kier molecular flexibility index (Phi) is 3.45. The van der Waals surface area contributed by atoms with E-state index in [0.717, 1.165) is 43.2 Å². The van der Waals surface area contributed by atoms with Gasteiger partial charge in [0.2, 0.25) is 11.7 Å². The number of aromatic nitrogens is 4. The van der Waals surface area contributed by atoms with Gasteiger partial charge in [-0.1, -0.05) is 41.9 Å². The predicted molar refractivity (Wildman–Crippen MR) is 92.6 cm³/mol. The van der Waals surface area contributed by atoms with Crippen LogP contribution in [0.1, 0.15) is 30.8 Å². The Hall–Kier alpha value is -2.47. The molecule has 6 heteroatoms. The van der Waals surface area contributed by atoms with Crippen LogP contribution in [0.15, 0.2) is 47.4 Å². The quantitative estimate of drug-likeness (QED) is 0.793. The first-order valence-corrected chi connectivity index (χ1v) is 8.93. The second kappa shape index (κ2) is 5.81. The van der Waals surface area contributed by atoms with Crippen LogP contribution in [0.4, 0.5) is 0 Å². The fraction of sp³-hybridized carbons (Fsp3) is 0.421. The van der Waals surface area contributed by atoms with E-state index in [9.17, 15) is 0 Å². The maximum absolute atomic E-state index is 5.78. The zero-order chi connectivity index (χ0) is 16.7. The monoisotopic (exact) mass is 335 g/mol. The lowest BCUT2D eigenvalue weighted by Gasteiger charge is -2.24. The van der Waals surface area contributed by atoms with E-state index in [1.807, 2.05) is 36.5 Å². The van der Waals surface area contributed by atoms with E-state index in [1.54, 1.807) is 6.33 Å². The maximum Gasteiger partial charge on any atom is 0.234 e. The summed E-state index contributed by atoms with van der Waals surface area (Å²) in [5.74, 6) is 2.11. The first kappa shape index (κ1) is 14.8. The predicted octanol–water partition coefficient (Wildman–Crippen LogP) is 3.01. The van der Waals surface area contributed by atoms with Gasteiger partial charge in [-0.25, -0.2) is 4.98 Å². The number of likely N-dealkylation sites (tertiary alicyclic amines) is 1. The highest BCUT2D eigenvalue weighted by molar-refractivity contribution is 5.53. The fourth-order valence-electron chi connectivity index (χ4n) is 4.61. The molecule has 2 aliphatic rings. The van der Waals surface area contributed by atoms with Crippen molar-refractivity contribution in [2.75, 3.05) is 13.1 Å². The van der Waals surface area contributed by atoms with Gasteiger partial charge in [0.25, 0.3) is 0 Å². The summed E-state index contributed by atoms with van der Waals surface area (Å²) in [5, 5.41) is 4.27. The summed E-state index contributed by atoms with van der Waals surface area (Å²) >= 11 is 0. The summed E-state index contributed by atoms with van der Waals surface area (Å²) in [7, 11) is 0. The number of rotatable bonds is 4. The molecule has 0 bridgehead atoms. The number of hydrogen-bond donors (Lipinski definition) is 1. The van der Waals surface area contributed by atoms with Crippen molar-refractivity contribution in [3.8, 4) is 11.4 Å². The first-order chi connectivity index (χ1) is 12.3. The second-order valence-corrected chi connectivity index (χ2v) is 7.28. The molecule has 1 saturated heterocycles. The summed E-state index contributed by atoms with van der Waals surface area (Å²) in [5.41, 5.74) is 2.18. The van der Waals surface area contributed by atoms with Gasteiger partial charge in [-0.3, -0.25) is 4.90 Å². The number of benzene rings is 1. The van der Waals surface area contributed by atoms with Crippen molar-refractivity contribution in [1.29, 1.82) is 0 Å². The van der Waals surface area contributed by atoms with Crippen molar-refractivity contribution in [2.24, 2.45) is 5.92 Å². The van der Waals surface area contributed by atoms with Crippen molar-refractivity contribution in [2.45, 2.75) is 31.2 Å². The van der Waals surface area contributed by atoms with Crippen LogP contribution in [0.2, 0.25) is 0 Å². The summed E-state index contributed by atoms with van der Waals surface area (Å²) in [4.78, 5) is 14.6. The zero-order valence-electron chi connectivity index (χ0n) is 14.1. The molecule has 1 saturated carbocycles. The SMILES string of the molecule is c1ccc(-c2noc([C@@]34CCC[C@@H]3CN(Cc3cnc[nH]3)C4)n2)cc1. The number of aromatic amines is 1. The topological polar surface area (TPSA) is 70.8 Å². The molecule has 25 heavy (non-hydrogen) atoms. The van der Waals surface area contributed by atoms with E-state index in [2.05, 4.69) is 20.0 Å². The molecule has 3 aromatic rings. The van der Waals surface area contributed by atoms with Crippen molar-refractivity contribution in [3.63, 3.8) is 0 Å². The molecule has 1 aromatic carbocycles. The molecule has 6 nitrogen and oxygen atoms in total. The minimum absolute atomic E-state index is 0.0139. The van der Waals surface area contributed by atoms with Gasteiger partial charge < -0.3 is 9.51 Å². The minimum atomic E-state index is 0.0139. The molecule has 3 heterocycles. The van der Waals surface area contributed by atoms with Crippen LogP contribution in [-0.2, 0) is 12.0 Å². The van der Waals surface area contributed by atoms with Crippen molar-refractivity contribution >= 4 is 0 Å². The lowest BCUT2D eigenvalue weighted by molar-refractivity contribution is 0.244. The third kappa shape index (κ3) is 2.48. The third-order valence-corrected chi connectivity index (χ3v) is 5.77. The van der Waals surface area contributed by atoms with Crippen molar-refractivity contribution in [1.82, 2.24) is 25.0 Å². The normalized spacial score (nSPS) is 26.2. The first-order valence-electron chi connectivity index (χ1n) is 8.93. The molecule has 0 radical (unpaired) electrons. The Bertz CT molecular complexity index is 844. The highest BCUT2D eigenvalue weighted by Crippen LogP contribution is 2.50. The van der Waals surface area contributed by atoms with Gasteiger partial charge in [-0.2, -0.15) is 4.98 Å². The Labute approximate surface area is 146 Å². The molecule has 1 N–H and O–H groups in total. The number of nitrogens with zero attached hydrogens (tertiary/aromatic N) is 4. The lowest BCUT2D eigenvalue weighted by Crippen LogP contribution is -2.32. The van der Waals surface area contributed by atoms with Gasteiger partial charge in [0.1, 0.15) is 0 Å². The minimum Gasteiger partial charge on any atom is -0.347 e. The van der Waals surface area contributed by atoms with Crippen LogP contribution in [0, 0.1) is 5.92 Å². The van der Waals surface area contributed by atoms with E-state index in [1.165, 1.54) is 12.8 Å². The number of nitrogens with one attached hydrogen (secondary N) is 1. The molecular formula is C19H21N5O. The molecule has 2 aromatic heterocycles. The molecule has 0 unspecified atom stereocenters. The molecule has 2 atom stereocenters. The average Bonchev–Trinajstić information content (AvgIpc) is 3.39. The van der Waals surface area contributed by atoms with E-state index in [0.29, 0.717) is 11.7 Å². The molecule has 0 amide bonds. The van der Waals surface area contributed by atoms with Crippen LogP contribution < -0.4 is 0 Å². The van der Waals surface area contributed by atoms with Gasteiger partial charge in [0.05, 0.1) is 11.7 Å². The smallest absolute Gasteiger partial charge is 0.234 e. The lowest BCUT2D eigenvalue weighted by atomic mass is 9.80. The zero-order valence-corrected chi connectivity index (χ0v) is 14.1. The number of hydrogen-bond acceptors (Lipinski definition) is 5. The fourth-order valence-corrected chi connectivity index (χ4v) is 4.61. The van der Waals surface area contributed by atoms with Crippen LogP contribution in [0.25, 0.3) is 11.4 Å². The van der Waals surface area contributed by atoms with Crippen molar-refractivity contribution in [3.05, 3.63) is 54.4 Å². The summed E-state index contributed by atoms with van der Waals surface area (Å²) < 4.78 is 5.78. The number of imidazole rings is 1. The Morgan fingerprint density at radius 1 is 1.28 bits per heavy atom. The highest BCUT2D eigenvalue weighted by atomic mass is 16.5. The van der Waals surface area contributed by atoms with E-state index in [-0.39, 0.29) is 5.41 Å². The molecule has 128 valence electrons. The van der Waals surface area contributed by atoms with Gasteiger partial charge in [0, 0.05) is 37.1 Å². The van der Waals surface area contributed by atoms with E-state index < -0.39 is 0 Å². The Morgan fingerprint density at radius 3 is 3.04 bits per heavy atom. The highest BCUT2D eigenvalue weighted by Gasteiger charge is 2.54. The van der Waals surface area contributed by atoms with Crippen LogP contribution in [0.3, 0.4) is 0 Å². The third-order valence-electron chi connectivity index (χ3n) is 5.77. The second-order valence-electron chi connectivity index (χ2n) is 7.28. The van der Waals surface area contributed by atoms with Gasteiger partial charge in [-0.15, -0.1) is 0 Å². The van der Waals surface area contributed by atoms with Gasteiger partial charge >= 0.3 is 0 Å². The standard InChI is InChI=1S/C19H21N5O/c1-2-5-14(6-3-1)17-22-18(25-23-17)19-8-4-7-15(19)10-24(12-19)11-16-9-20-13-21-16/h1-3,5-6,9,13,15H,4,7-8,10-12H2,(H,20,21)/t15-,19-/m1/s1. The Morgan fingerprint density at radius 2 is 2.20 bits per heavy atom. The van der Waals surface area contributed by atoms with Gasteiger partial charge in [-0.05, 0) is 18.8 Å². The molecule has 1 aliphatic carbocycles. The molecule has 5 rings (SSSR count). The average molecular weight is 335 g/mol. The summed E-state index contributed by atoms with van der Waals surface area (Å²) in [6.45, 7) is 2.97. The largest absolute Gasteiger partial charge is 0.347 e. The summed E-state index contributed by atoms with van der Waals surface area (Å²) in [6.07, 6.45) is 7.26. The van der Waals surface area contributed by atoms with Crippen LogP contribution >= 0.6 is 0 Å². The maximum atomic E-state index is 5.78. The van der Waals surface area contributed by atoms with E-state index in [4.69, 9.17) is 9.51 Å². The van der Waals surface area contributed by atoms with Crippen LogP contribution in [-0.4, -0.2) is 38.1 Å². The van der Waals surface area contributed by atoms with Crippen molar-refractivity contribution < 1.29 is 4.52 Å². The molecule has 1 aliphatic heterocycles. The molecule has 2 fully saturated rings. The van der Waals surface area contributed by atoms with E-state index >= 15 is 0 Å². The van der Waals surface area contributed by atoms with Gasteiger partial charge in [0.15, 0.2) is 0 Å². The van der Waals surface area contributed by atoms with Crippen LogP contribution in [0.5, 0.6) is 0 Å².